The van der Waals surface area contributed by atoms with E-state index >= 15 is 0 Å². The number of amides is 2. The second-order valence-electron chi connectivity index (χ2n) is 5.34. The molecule has 126 valence electrons. The number of imide groups is 1. The third kappa shape index (κ3) is 3.29. The van der Waals surface area contributed by atoms with Gasteiger partial charge in [-0.1, -0.05) is 29.4 Å². The summed E-state index contributed by atoms with van der Waals surface area (Å²) in [6, 6.07) is 6.24. The number of carbonyl (C=O) groups is 2. The highest BCUT2D eigenvalue weighted by atomic mass is 19.4. The molecule has 2 amide bonds. The van der Waals surface area contributed by atoms with Gasteiger partial charge in [0.2, 0.25) is 17.6 Å². The molecule has 9 heteroatoms. The molecule has 2 aromatic rings. The number of benzene rings is 1. The maximum Gasteiger partial charge on any atom is 0.471 e. The van der Waals surface area contributed by atoms with Crippen LogP contribution in [-0.4, -0.2) is 26.9 Å². The summed E-state index contributed by atoms with van der Waals surface area (Å²) in [6.07, 6.45) is -3.45. The lowest BCUT2D eigenvalue weighted by atomic mass is 10.1. The van der Waals surface area contributed by atoms with E-state index in [1.807, 2.05) is 0 Å². The Labute approximate surface area is 134 Å². The molecule has 1 aromatic heterocycles. The molecule has 0 bridgehead atoms. The van der Waals surface area contributed by atoms with Crippen molar-refractivity contribution in [1.29, 1.82) is 0 Å². The Bertz CT molecular complexity index is 752. The van der Waals surface area contributed by atoms with Crippen molar-refractivity contribution in [2.45, 2.75) is 32.0 Å². The molecule has 0 unspecified atom stereocenters. The van der Waals surface area contributed by atoms with Crippen LogP contribution >= 0.6 is 0 Å². The Hall–Kier alpha value is -2.71. The van der Waals surface area contributed by atoms with E-state index in [-0.39, 0.29) is 24.2 Å². The fraction of sp³-hybridized carbons (Fsp3) is 0.333. The van der Waals surface area contributed by atoms with Crippen molar-refractivity contribution in [3.05, 3.63) is 35.7 Å². The second kappa shape index (κ2) is 6.06. The molecule has 0 spiro atoms. The first-order valence-corrected chi connectivity index (χ1v) is 7.18. The summed E-state index contributed by atoms with van der Waals surface area (Å²) in [7, 11) is 0. The molecule has 0 aliphatic carbocycles. The number of hydrogen-bond acceptors (Lipinski definition) is 5. The molecule has 3 rings (SSSR count). The zero-order chi connectivity index (χ0) is 17.3. The molecule has 0 atom stereocenters. The minimum absolute atomic E-state index is 0.137. The fourth-order valence-electron chi connectivity index (χ4n) is 2.37. The molecular formula is C15H12F3N3O3. The first kappa shape index (κ1) is 16.2. The summed E-state index contributed by atoms with van der Waals surface area (Å²) < 4.78 is 41.5. The Morgan fingerprint density at radius 3 is 2.25 bits per heavy atom. The van der Waals surface area contributed by atoms with Gasteiger partial charge in [-0.2, -0.15) is 18.2 Å². The van der Waals surface area contributed by atoms with E-state index in [1.54, 1.807) is 12.1 Å². The molecule has 0 saturated carbocycles. The molecule has 0 radical (unpaired) electrons. The van der Waals surface area contributed by atoms with Gasteiger partial charge in [-0.15, -0.1) is 0 Å². The van der Waals surface area contributed by atoms with Crippen LogP contribution in [0.5, 0.6) is 0 Å². The molecule has 1 aliphatic rings. The SMILES string of the molecule is O=C1CCCC(=O)N1Cc1ccc(-c2noc(C(F)(F)F)n2)cc1. The lowest BCUT2D eigenvalue weighted by Crippen LogP contribution is -2.39. The van der Waals surface area contributed by atoms with Crippen LogP contribution in [0.1, 0.15) is 30.7 Å². The lowest BCUT2D eigenvalue weighted by Gasteiger charge is -2.24. The summed E-state index contributed by atoms with van der Waals surface area (Å²) in [5.74, 6) is -2.03. The highest BCUT2D eigenvalue weighted by molar-refractivity contribution is 5.97. The third-order valence-corrected chi connectivity index (χ3v) is 3.60. The van der Waals surface area contributed by atoms with E-state index < -0.39 is 12.1 Å². The summed E-state index contributed by atoms with van der Waals surface area (Å²) in [5.41, 5.74) is 1.02. The zero-order valence-corrected chi connectivity index (χ0v) is 12.3. The van der Waals surface area contributed by atoms with Crippen LogP contribution in [0.3, 0.4) is 0 Å². The summed E-state index contributed by atoms with van der Waals surface area (Å²) in [5, 5.41) is 3.30. The predicted molar refractivity (Wildman–Crippen MR) is 74.1 cm³/mol. The smallest absolute Gasteiger partial charge is 0.329 e. The fourth-order valence-corrected chi connectivity index (χ4v) is 2.37. The standard InChI is InChI=1S/C15H12F3N3O3/c16-15(17,18)14-19-13(20-24-14)10-6-4-9(5-7-10)8-21-11(22)2-1-3-12(21)23/h4-7H,1-3,8H2. The van der Waals surface area contributed by atoms with Crippen molar-refractivity contribution >= 4 is 11.8 Å². The van der Waals surface area contributed by atoms with E-state index in [4.69, 9.17) is 0 Å². The molecule has 24 heavy (non-hydrogen) atoms. The van der Waals surface area contributed by atoms with Gasteiger partial charge in [-0.25, -0.2) is 0 Å². The number of piperidine rings is 1. The summed E-state index contributed by atoms with van der Waals surface area (Å²) in [6.45, 7) is 0.137. The van der Waals surface area contributed by atoms with E-state index in [0.717, 1.165) is 0 Å². The van der Waals surface area contributed by atoms with Gasteiger partial charge in [0.1, 0.15) is 0 Å². The highest BCUT2D eigenvalue weighted by Gasteiger charge is 2.38. The van der Waals surface area contributed by atoms with E-state index in [2.05, 4.69) is 14.7 Å². The molecule has 0 N–H and O–H groups in total. The van der Waals surface area contributed by atoms with Gasteiger partial charge in [0, 0.05) is 18.4 Å². The number of aromatic nitrogens is 2. The molecule has 1 fully saturated rings. The molecule has 1 aromatic carbocycles. The molecule has 2 heterocycles. The van der Waals surface area contributed by atoms with Gasteiger partial charge in [0.15, 0.2) is 0 Å². The Balaban J connectivity index is 1.75. The number of carbonyl (C=O) groups excluding carboxylic acids is 2. The molecule has 1 aliphatic heterocycles. The van der Waals surface area contributed by atoms with Crippen LogP contribution in [0.25, 0.3) is 11.4 Å². The van der Waals surface area contributed by atoms with Crippen molar-refractivity contribution in [2.24, 2.45) is 0 Å². The van der Waals surface area contributed by atoms with Crippen LogP contribution in [-0.2, 0) is 22.3 Å². The van der Waals surface area contributed by atoms with Crippen LogP contribution in [0.2, 0.25) is 0 Å². The molecule has 1 saturated heterocycles. The van der Waals surface area contributed by atoms with Gasteiger partial charge >= 0.3 is 12.1 Å². The van der Waals surface area contributed by atoms with Gasteiger partial charge in [-0.05, 0) is 12.0 Å². The van der Waals surface area contributed by atoms with Crippen molar-refractivity contribution in [1.82, 2.24) is 15.0 Å². The number of rotatable bonds is 3. The van der Waals surface area contributed by atoms with Crippen molar-refractivity contribution in [3.8, 4) is 11.4 Å². The van der Waals surface area contributed by atoms with Gasteiger partial charge < -0.3 is 4.52 Å². The zero-order valence-electron chi connectivity index (χ0n) is 12.3. The lowest BCUT2D eigenvalue weighted by molar-refractivity contribution is -0.159. The Morgan fingerprint density at radius 1 is 1.08 bits per heavy atom. The average molecular weight is 339 g/mol. The Morgan fingerprint density at radius 2 is 1.71 bits per heavy atom. The first-order valence-electron chi connectivity index (χ1n) is 7.18. The topological polar surface area (TPSA) is 76.3 Å². The number of likely N-dealkylation sites (tertiary alicyclic amines) is 1. The minimum atomic E-state index is -4.69. The van der Waals surface area contributed by atoms with E-state index in [0.29, 0.717) is 30.4 Å². The van der Waals surface area contributed by atoms with Gasteiger partial charge in [-0.3, -0.25) is 14.5 Å². The quantitative estimate of drug-likeness (QED) is 0.804. The van der Waals surface area contributed by atoms with Crippen molar-refractivity contribution in [3.63, 3.8) is 0 Å². The largest absolute Gasteiger partial charge is 0.471 e. The van der Waals surface area contributed by atoms with Crippen LogP contribution in [0.15, 0.2) is 28.8 Å². The first-order chi connectivity index (χ1) is 11.3. The number of hydrogen-bond donors (Lipinski definition) is 0. The number of halogens is 3. The Kier molecular flexibility index (Phi) is 4.08. The normalized spacial score (nSPS) is 15.9. The van der Waals surface area contributed by atoms with Crippen LogP contribution in [0.4, 0.5) is 13.2 Å². The van der Waals surface area contributed by atoms with Crippen molar-refractivity contribution < 1.29 is 27.3 Å². The van der Waals surface area contributed by atoms with E-state index in [1.165, 1.54) is 17.0 Å². The van der Waals surface area contributed by atoms with Crippen LogP contribution < -0.4 is 0 Å². The van der Waals surface area contributed by atoms with E-state index in [9.17, 15) is 22.8 Å². The monoisotopic (exact) mass is 339 g/mol. The summed E-state index contributed by atoms with van der Waals surface area (Å²) >= 11 is 0. The summed E-state index contributed by atoms with van der Waals surface area (Å²) in [4.78, 5) is 28.0. The predicted octanol–water partition coefficient (Wildman–Crippen LogP) is 2.79. The highest BCUT2D eigenvalue weighted by Crippen LogP contribution is 2.29. The van der Waals surface area contributed by atoms with Gasteiger partial charge in [0.05, 0.1) is 6.54 Å². The number of nitrogens with zero attached hydrogens (tertiary/aromatic N) is 3. The average Bonchev–Trinajstić information content (AvgIpc) is 3.02. The maximum atomic E-state index is 12.4. The second-order valence-corrected chi connectivity index (χ2v) is 5.34. The minimum Gasteiger partial charge on any atom is -0.329 e. The van der Waals surface area contributed by atoms with Crippen LogP contribution in [0, 0.1) is 0 Å². The number of alkyl halides is 3. The van der Waals surface area contributed by atoms with Crippen molar-refractivity contribution in [2.75, 3.05) is 0 Å². The maximum absolute atomic E-state index is 12.4. The molecule has 6 nitrogen and oxygen atoms in total. The van der Waals surface area contributed by atoms with Gasteiger partial charge in [0.25, 0.3) is 0 Å². The molecular weight excluding hydrogens is 327 g/mol. The third-order valence-electron chi connectivity index (χ3n) is 3.60.